The molecule has 152 valence electrons. The number of hydroxylamine groups is 2. The van der Waals surface area contributed by atoms with Crippen LogP contribution in [0.5, 0.6) is 5.75 Å². The van der Waals surface area contributed by atoms with E-state index in [1.165, 1.54) is 31.3 Å². The summed E-state index contributed by atoms with van der Waals surface area (Å²) in [7, 11) is -1.06. The van der Waals surface area contributed by atoms with Gasteiger partial charge in [-0.05, 0) is 48.5 Å². The van der Waals surface area contributed by atoms with Crippen molar-refractivity contribution in [2.75, 3.05) is 14.2 Å². The predicted molar refractivity (Wildman–Crippen MR) is 104 cm³/mol. The Balaban J connectivity index is 2.07. The molecule has 29 heavy (non-hydrogen) atoms. The molecule has 0 saturated carbocycles. The fourth-order valence-corrected chi connectivity index (χ4v) is 3.14. The number of methoxy groups -OCH3 is 1. The summed E-state index contributed by atoms with van der Waals surface area (Å²) in [5.74, 6) is 0.518. The van der Waals surface area contributed by atoms with Crippen molar-refractivity contribution in [2.24, 2.45) is 5.14 Å². The van der Waals surface area contributed by atoms with Crippen LogP contribution in [0.2, 0.25) is 0 Å². The highest BCUT2D eigenvalue weighted by molar-refractivity contribution is 7.89. The van der Waals surface area contributed by atoms with Crippen LogP contribution >= 0.6 is 0 Å². The molecule has 2 aromatic carbocycles. The van der Waals surface area contributed by atoms with Crippen LogP contribution in [0, 0.1) is 0 Å². The second kappa shape index (κ2) is 8.03. The number of nitrogens with two attached hydrogens (primary N) is 1. The van der Waals surface area contributed by atoms with E-state index in [0.717, 1.165) is 0 Å². The number of ether oxygens (including phenoxy) is 1. The van der Waals surface area contributed by atoms with Crippen molar-refractivity contribution in [3.05, 3.63) is 54.4 Å². The van der Waals surface area contributed by atoms with E-state index in [-0.39, 0.29) is 17.2 Å². The minimum absolute atomic E-state index is 0.0379. The molecule has 1 amide bonds. The summed E-state index contributed by atoms with van der Waals surface area (Å²) >= 11 is 0. The minimum atomic E-state index is -3.83. The first-order chi connectivity index (χ1) is 13.7. The van der Waals surface area contributed by atoms with Gasteiger partial charge in [0.1, 0.15) is 17.9 Å². The molecule has 0 fully saturated rings. The Morgan fingerprint density at radius 1 is 1.14 bits per heavy atom. The Bertz CT molecular complexity index is 1120. The minimum Gasteiger partial charge on any atom is -0.497 e. The monoisotopic (exact) mass is 417 g/mol. The summed E-state index contributed by atoms with van der Waals surface area (Å²) in [6.45, 7) is 0. The third-order valence-electron chi connectivity index (χ3n) is 4.14. The van der Waals surface area contributed by atoms with Crippen LogP contribution in [0.15, 0.2) is 57.8 Å². The highest BCUT2D eigenvalue weighted by Crippen LogP contribution is 2.34. The zero-order valence-corrected chi connectivity index (χ0v) is 16.5. The first-order valence-electron chi connectivity index (χ1n) is 8.42. The molecule has 0 saturated heterocycles. The second-order valence-electron chi connectivity index (χ2n) is 6.18. The summed E-state index contributed by atoms with van der Waals surface area (Å²) in [6.07, 6.45) is -0.245. The zero-order chi connectivity index (χ0) is 21.2. The number of sulfonamides is 1. The highest BCUT2D eigenvalue weighted by Gasteiger charge is 2.20. The number of aromatic nitrogens is 1. The molecule has 0 radical (unpaired) electrons. The quantitative estimate of drug-likeness (QED) is 0.463. The molecule has 3 rings (SSSR count). The van der Waals surface area contributed by atoms with E-state index in [9.17, 15) is 18.4 Å². The van der Waals surface area contributed by atoms with Crippen LogP contribution in [0.1, 0.15) is 5.89 Å². The summed E-state index contributed by atoms with van der Waals surface area (Å²) in [5.41, 5.74) is 1.71. The molecular formula is C19H19N3O6S. The Labute approximate surface area is 167 Å². The summed E-state index contributed by atoms with van der Waals surface area (Å²) in [5, 5.41) is 14.9. The van der Waals surface area contributed by atoms with Gasteiger partial charge in [-0.1, -0.05) is 0 Å². The molecule has 10 heteroatoms. The highest BCUT2D eigenvalue weighted by atomic mass is 32.2. The van der Waals surface area contributed by atoms with Gasteiger partial charge in [0.15, 0.2) is 5.76 Å². The molecule has 0 spiro atoms. The molecule has 0 aliphatic heterocycles. The van der Waals surface area contributed by atoms with Crippen LogP contribution in [0.3, 0.4) is 0 Å². The number of amides is 1. The SMILES string of the molecule is COc1ccc(-c2nc(CC(=O)N(C)O)oc2-c2ccc(S(N)(=O)=O)cc2)cc1. The van der Waals surface area contributed by atoms with E-state index in [4.69, 9.17) is 14.3 Å². The maximum atomic E-state index is 11.8. The average Bonchev–Trinajstić information content (AvgIpc) is 3.11. The van der Waals surface area contributed by atoms with E-state index < -0.39 is 15.9 Å². The molecule has 3 aromatic rings. The third kappa shape index (κ3) is 4.62. The van der Waals surface area contributed by atoms with E-state index in [2.05, 4.69) is 4.98 Å². The van der Waals surface area contributed by atoms with Gasteiger partial charge < -0.3 is 9.15 Å². The molecule has 1 aromatic heterocycles. The molecule has 0 bridgehead atoms. The number of carbonyl (C=O) groups excluding carboxylic acids is 1. The fourth-order valence-electron chi connectivity index (χ4n) is 2.62. The van der Waals surface area contributed by atoms with Crippen molar-refractivity contribution < 1.29 is 27.6 Å². The van der Waals surface area contributed by atoms with Gasteiger partial charge >= 0.3 is 0 Å². The Morgan fingerprint density at radius 3 is 2.24 bits per heavy atom. The van der Waals surface area contributed by atoms with Gasteiger partial charge in [-0.2, -0.15) is 0 Å². The Morgan fingerprint density at radius 2 is 1.72 bits per heavy atom. The van der Waals surface area contributed by atoms with Gasteiger partial charge in [-0.3, -0.25) is 10.0 Å². The van der Waals surface area contributed by atoms with Gasteiger partial charge in [-0.25, -0.2) is 23.6 Å². The maximum absolute atomic E-state index is 11.8. The van der Waals surface area contributed by atoms with Crippen molar-refractivity contribution >= 4 is 15.9 Å². The average molecular weight is 417 g/mol. The molecule has 0 atom stereocenters. The largest absolute Gasteiger partial charge is 0.497 e. The molecule has 0 aliphatic carbocycles. The van der Waals surface area contributed by atoms with Crippen LogP contribution < -0.4 is 9.88 Å². The van der Waals surface area contributed by atoms with Crippen molar-refractivity contribution in [1.29, 1.82) is 0 Å². The zero-order valence-electron chi connectivity index (χ0n) is 15.7. The number of likely N-dealkylation sites (N-methyl/N-ethyl adjacent to an activating group) is 1. The Hall–Kier alpha value is -3.21. The first-order valence-corrected chi connectivity index (χ1v) is 9.96. The van der Waals surface area contributed by atoms with E-state index in [1.54, 1.807) is 31.4 Å². The fraction of sp³-hybridized carbons (Fsp3) is 0.158. The van der Waals surface area contributed by atoms with E-state index >= 15 is 0 Å². The van der Waals surface area contributed by atoms with Crippen molar-refractivity contribution in [3.63, 3.8) is 0 Å². The van der Waals surface area contributed by atoms with E-state index in [1.807, 2.05) is 0 Å². The van der Waals surface area contributed by atoms with Gasteiger partial charge in [0.05, 0.1) is 12.0 Å². The molecule has 0 unspecified atom stereocenters. The molecule has 0 aliphatic rings. The smallest absolute Gasteiger partial charge is 0.254 e. The number of benzene rings is 2. The van der Waals surface area contributed by atoms with Crippen LogP contribution in [0.25, 0.3) is 22.6 Å². The van der Waals surface area contributed by atoms with Crippen molar-refractivity contribution in [3.8, 4) is 28.3 Å². The van der Waals surface area contributed by atoms with Gasteiger partial charge in [-0.15, -0.1) is 0 Å². The predicted octanol–water partition coefficient (Wildman–Crippen LogP) is 2.05. The number of hydrogen-bond donors (Lipinski definition) is 2. The van der Waals surface area contributed by atoms with Gasteiger partial charge in [0, 0.05) is 18.2 Å². The molecule has 1 heterocycles. The summed E-state index contributed by atoms with van der Waals surface area (Å²) < 4.78 is 33.9. The number of rotatable bonds is 6. The standard InChI is InChI=1S/C19H19N3O6S/c1-22(24)17(23)11-16-21-18(12-3-7-14(27-2)8-4-12)19(28-16)13-5-9-15(10-6-13)29(20,25)26/h3-10,24H,11H2,1-2H3,(H2,20,25,26). The lowest BCUT2D eigenvalue weighted by atomic mass is 10.1. The first kappa shape index (κ1) is 20.5. The van der Waals surface area contributed by atoms with Gasteiger partial charge in [0.2, 0.25) is 15.9 Å². The summed E-state index contributed by atoms with van der Waals surface area (Å²) in [6, 6.07) is 12.9. The second-order valence-corrected chi connectivity index (χ2v) is 7.74. The number of carbonyl (C=O) groups is 1. The molecule has 9 nitrogen and oxygen atoms in total. The normalized spacial score (nSPS) is 11.3. The van der Waals surface area contributed by atoms with E-state index in [0.29, 0.717) is 33.4 Å². The maximum Gasteiger partial charge on any atom is 0.254 e. The van der Waals surface area contributed by atoms with Gasteiger partial charge in [0.25, 0.3) is 5.91 Å². The lowest BCUT2D eigenvalue weighted by Gasteiger charge is -2.05. The third-order valence-corrected chi connectivity index (χ3v) is 5.07. The molecular weight excluding hydrogens is 398 g/mol. The number of oxazole rings is 1. The number of primary sulfonamides is 1. The Kier molecular flexibility index (Phi) is 5.69. The van der Waals surface area contributed by atoms with Crippen molar-refractivity contribution in [1.82, 2.24) is 10.0 Å². The topological polar surface area (TPSA) is 136 Å². The number of hydrogen-bond acceptors (Lipinski definition) is 7. The van der Waals surface area contributed by atoms with Crippen LogP contribution in [-0.4, -0.2) is 43.7 Å². The van der Waals surface area contributed by atoms with Crippen molar-refractivity contribution in [2.45, 2.75) is 11.3 Å². The lowest BCUT2D eigenvalue weighted by Crippen LogP contribution is -2.24. The summed E-state index contributed by atoms with van der Waals surface area (Å²) in [4.78, 5) is 16.2. The van der Waals surface area contributed by atoms with Crippen LogP contribution in [0.4, 0.5) is 0 Å². The van der Waals surface area contributed by atoms with Crippen LogP contribution in [-0.2, 0) is 21.2 Å². The lowest BCUT2D eigenvalue weighted by molar-refractivity contribution is -0.158. The molecule has 3 N–H and O–H groups in total. The number of nitrogens with zero attached hydrogens (tertiary/aromatic N) is 2.